The number of hydrogen-bond donors (Lipinski definition) is 1. The number of carbonyl (C=O) groups is 1. The zero-order valence-electron chi connectivity index (χ0n) is 10.0. The van der Waals surface area contributed by atoms with E-state index in [1.54, 1.807) is 13.0 Å². The first-order valence-corrected chi connectivity index (χ1v) is 6.19. The number of amides is 1. The summed E-state index contributed by atoms with van der Waals surface area (Å²) in [6.07, 6.45) is 0. The summed E-state index contributed by atoms with van der Waals surface area (Å²) in [6, 6.07) is 5.50. The predicted octanol–water partition coefficient (Wildman–Crippen LogP) is 2.38. The third kappa shape index (κ3) is 2.76. The van der Waals surface area contributed by atoms with Crippen molar-refractivity contribution in [1.82, 2.24) is 15.5 Å². The molecule has 0 radical (unpaired) electrons. The van der Waals surface area contributed by atoms with Gasteiger partial charge in [0.15, 0.2) is 5.82 Å². The third-order valence-electron chi connectivity index (χ3n) is 2.49. The highest BCUT2D eigenvalue weighted by atomic mass is 79.9. The van der Waals surface area contributed by atoms with Gasteiger partial charge in [0.2, 0.25) is 5.89 Å². The molecule has 94 valence electrons. The molecule has 0 aliphatic heterocycles. The third-order valence-corrected chi connectivity index (χ3v) is 3.35. The van der Waals surface area contributed by atoms with E-state index in [1.165, 1.54) is 0 Å². The van der Waals surface area contributed by atoms with Crippen LogP contribution in [-0.4, -0.2) is 16.0 Å². The van der Waals surface area contributed by atoms with Crippen LogP contribution < -0.4 is 5.32 Å². The molecule has 0 saturated heterocycles. The van der Waals surface area contributed by atoms with Gasteiger partial charge in [0, 0.05) is 17.0 Å². The summed E-state index contributed by atoms with van der Waals surface area (Å²) < 4.78 is 5.73. The topological polar surface area (TPSA) is 68.0 Å². The summed E-state index contributed by atoms with van der Waals surface area (Å²) in [7, 11) is 0. The molecular formula is C12H12BrN3O2. The molecule has 0 saturated carbocycles. The van der Waals surface area contributed by atoms with Crippen LogP contribution >= 0.6 is 15.9 Å². The number of hydrogen-bond acceptors (Lipinski definition) is 4. The molecule has 0 bridgehead atoms. The zero-order chi connectivity index (χ0) is 13.1. The fourth-order valence-electron chi connectivity index (χ4n) is 1.52. The van der Waals surface area contributed by atoms with Crippen LogP contribution in [0.5, 0.6) is 0 Å². The molecule has 0 fully saturated rings. The van der Waals surface area contributed by atoms with E-state index in [9.17, 15) is 4.79 Å². The van der Waals surface area contributed by atoms with Gasteiger partial charge in [0.05, 0.1) is 6.54 Å². The fraction of sp³-hybridized carbons (Fsp3) is 0.250. The number of carbonyl (C=O) groups excluding carboxylic acids is 1. The average molecular weight is 310 g/mol. The number of aryl methyl sites for hydroxylation is 1. The van der Waals surface area contributed by atoms with Gasteiger partial charge >= 0.3 is 0 Å². The maximum absolute atomic E-state index is 12.0. The summed E-state index contributed by atoms with van der Waals surface area (Å²) >= 11 is 3.39. The minimum absolute atomic E-state index is 0.156. The Morgan fingerprint density at radius 1 is 1.44 bits per heavy atom. The minimum atomic E-state index is -0.156. The van der Waals surface area contributed by atoms with Gasteiger partial charge in [-0.25, -0.2) is 0 Å². The van der Waals surface area contributed by atoms with Crippen LogP contribution in [0.15, 0.2) is 27.2 Å². The van der Waals surface area contributed by atoms with Crippen LogP contribution in [0.25, 0.3) is 0 Å². The van der Waals surface area contributed by atoms with Crippen LogP contribution in [0.4, 0.5) is 0 Å². The summed E-state index contributed by atoms with van der Waals surface area (Å²) in [5.74, 6) is 0.794. The zero-order valence-corrected chi connectivity index (χ0v) is 11.6. The molecule has 18 heavy (non-hydrogen) atoms. The number of rotatable bonds is 3. The van der Waals surface area contributed by atoms with Gasteiger partial charge in [-0.2, -0.15) is 4.98 Å². The van der Waals surface area contributed by atoms with Gasteiger partial charge in [0.1, 0.15) is 0 Å². The van der Waals surface area contributed by atoms with Crippen molar-refractivity contribution < 1.29 is 9.32 Å². The predicted molar refractivity (Wildman–Crippen MR) is 69.1 cm³/mol. The number of nitrogens with zero attached hydrogens (tertiary/aromatic N) is 2. The highest BCUT2D eigenvalue weighted by Gasteiger charge is 2.11. The monoisotopic (exact) mass is 309 g/mol. The fourth-order valence-corrected chi connectivity index (χ4v) is 1.89. The molecule has 1 amide bonds. The molecule has 1 N–H and O–H groups in total. The molecule has 2 aromatic rings. The van der Waals surface area contributed by atoms with Crippen LogP contribution in [0.3, 0.4) is 0 Å². The molecule has 1 aromatic heterocycles. The van der Waals surface area contributed by atoms with Crippen molar-refractivity contribution in [2.24, 2.45) is 0 Å². The van der Waals surface area contributed by atoms with E-state index in [1.807, 2.05) is 19.1 Å². The van der Waals surface area contributed by atoms with Crippen molar-refractivity contribution in [2.45, 2.75) is 20.4 Å². The second kappa shape index (κ2) is 5.30. The van der Waals surface area contributed by atoms with Crippen molar-refractivity contribution in [3.05, 3.63) is 45.5 Å². The van der Waals surface area contributed by atoms with Gasteiger partial charge in [-0.15, -0.1) is 0 Å². The van der Waals surface area contributed by atoms with Gasteiger partial charge in [-0.3, -0.25) is 4.79 Å². The van der Waals surface area contributed by atoms with Crippen molar-refractivity contribution in [3.8, 4) is 0 Å². The number of aromatic nitrogens is 2. The Morgan fingerprint density at radius 2 is 2.22 bits per heavy atom. The lowest BCUT2D eigenvalue weighted by Gasteiger charge is -2.07. The van der Waals surface area contributed by atoms with Crippen LogP contribution in [-0.2, 0) is 6.54 Å². The summed E-state index contributed by atoms with van der Waals surface area (Å²) in [6.45, 7) is 3.84. The van der Waals surface area contributed by atoms with Gasteiger partial charge < -0.3 is 9.84 Å². The molecule has 0 aliphatic rings. The van der Waals surface area contributed by atoms with Crippen LogP contribution in [0.2, 0.25) is 0 Å². The normalized spacial score (nSPS) is 10.4. The summed E-state index contributed by atoms with van der Waals surface area (Å²) in [4.78, 5) is 16.0. The van der Waals surface area contributed by atoms with E-state index < -0.39 is 0 Å². The number of halogens is 1. The Labute approximate surface area is 113 Å². The maximum atomic E-state index is 12.0. The SMILES string of the molecule is Cc1nc(CNC(=O)c2cccc(Br)c2C)no1. The van der Waals surface area contributed by atoms with E-state index in [0.29, 0.717) is 17.3 Å². The van der Waals surface area contributed by atoms with E-state index in [-0.39, 0.29) is 12.5 Å². The van der Waals surface area contributed by atoms with Crippen molar-refractivity contribution in [1.29, 1.82) is 0 Å². The molecule has 6 heteroatoms. The first-order chi connectivity index (χ1) is 8.58. The maximum Gasteiger partial charge on any atom is 0.251 e. The first-order valence-electron chi connectivity index (χ1n) is 5.40. The second-order valence-corrected chi connectivity index (χ2v) is 4.68. The lowest BCUT2D eigenvalue weighted by atomic mass is 10.1. The highest BCUT2D eigenvalue weighted by molar-refractivity contribution is 9.10. The smallest absolute Gasteiger partial charge is 0.251 e. The highest BCUT2D eigenvalue weighted by Crippen LogP contribution is 2.19. The van der Waals surface area contributed by atoms with Crippen molar-refractivity contribution in [3.63, 3.8) is 0 Å². The molecule has 1 aromatic carbocycles. The van der Waals surface area contributed by atoms with Crippen LogP contribution in [0.1, 0.15) is 27.6 Å². The average Bonchev–Trinajstić information content (AvgIpc) is 2.76. The lowest BCUT2D eigenvalue weighted by molar-refractivity contribution is 0.0949. The molecular weight excluding hydrogens is 298 g/mol. The molecule has 0 atom stereocenters. The largest absolute Gasteiger partial charge is 0.345 e. The Balaban J connectivity index is 2.06. The van der Waals surface area contributed by atoms with Gasteiger partial charge in [-0.1, -0.05) is 27.2 Å². The van der Waals surface area contributed by atoms with Crippen molar-refractivity contribution in [2.75, 3.05) is 0 Å². The summed E-state index contributed by atoms with van der Waals surface area (Å²) in [5, 5.41) is 6.46. The Morgan fingerprint density at radius 3 is 2.89 bits per heavy atom. The summed E-state index contributed by atoms with van der Waals surface area (Å²) in [5.41, 5.74) is 1.53. The molecule has 0 spiro atoms. The Bertz CT molecular complexity index is 580. The Kier molecular flexibility index (Phi) is 3.76. The number of nitrogens with one attached hydrogen (secondary N) is 1. The standard InChI is InChI=1S/C12H12BrN3O2/c1-7-9(4-3-5-10(7)13)12(17)14-6-11-15-8(2)18-16-11/h3-5H,6H2,1-2H3,(H,14,17). The lowest BCUT2D eigenvalue weighted by Crippen LogP contribution is -2.24. The van der Waals surface area contributed by atoms with E-state index in [2.05, 4.69) is 31.4 Å². The van der Waals surface area contributed by atoms with Gasteiger partial charge in [-0.05, 0) is 24.6 Å². The minimum Gasteiger partial charge on any atom is -0.345 e. The molecule has 0 unspecified atom stereocenters. The number of benzene rings is 1. The van der Waals surface area contributed by atoms with Gasteiger partial charge in [0.25, 0.3) is 5.91 Å². The molecule has 2 rings (SSSR count). The van der Waals surface area contributed by atoms with Crippen LogP contribution in [0, 0.1) is 13.8 Å². The second-order valence-electron chi connectivity index (χ2n) is 3.82. The molecule has 1 heterocycles. The molecule has 5 nitrogen and oxygen atoms in total. The quantitative estimate of drug-likeness (QED) is 0.945. The van der Waals surface area contributed by atoms with E-state index >= 15 is 0 Å². The van der Waals surface area contributed by atoms with E-state index in [4.69, 9.17) is 4.52 Å². The molecule has 0 aliphatic carbocycles. The first kappa shape index (κ1) is 12.8. The Hall–Kier alpha value is -1.69. The van der Waals surface area contributed by atoms with Crippen molar-refractivity contribution >= 4 is 21.8 Å². The van der Waals surface area contributed by atoms with E-state index in [0.717, 1.165) is 10.0 Å².